The van der Waals surface area contributed by atoms with E-state index in [1.165, 1.54) is 25.5 Å². The van der Waals surface area contributed by atoms with Crippen molar-refractivity contribution in [2.45, 2.75) is 0 Å². The van der Waals surface area contributed by atoms with Gasteiger partial charge in [0.25, 0.3) is 5.91 Å². The average Bonchev–Trinajstić information content (AvgIpc) is 2.50. The van der Waals surface area contributed by atoms with Crippen molar-refractivity contribution in [3.63, 3.8) is 0 Å². The van der Waals surface area contributed by atoms with Crippen molar-refractivity contribution < 1.29 is 14.6 Å². The van der Waals surface area contributed by atoms with Crippen LogP contribution in [-0.2, 0) is 0 Å². The molecule has 2 rings (SSSR count). The van der Waals surface area contributed by atoms with Gasteiger partial charge in [-0.05, 0) is 42.0 Å². The molecular weight excluding hydrogens is 292 g/mol. The second-order valence-electron chi connectivity index (χ2n) is 4.14. The Balaban J connectivity index is 2.02. The van der Waals surface area contributed by atoms with Crippen molar-refractivity contribution in [1.82, 2.24) is 5.43 Å². The predicted octanol–water partition coefficient (Wildman–Crippen LogP) is 2.82. The smallest absolute Gasteiger partial charge is 0.271 e. The van der Waals surface area contributed by atoms with Gasteiger partial charge in [-0.25, -0.2) is 5.43 Å². The van der Waals surface area contributed by atoms with E-state index in [1.807, 2.05) is 0 Å². The van der Waals surface area contributed by atoms with Crippen molar-refractivity contribution in [2.24, 2.45) is 5.10 Å². The Hall–Kier alpha value is -2.53. The molecule has 0 bridgehead atoms. The van der Waals surface area contributed by atoms with Crippen LogP contribution in [0.2, 0.25) is 5.02 Å². The van der Waals surface area contributed by atoms with Crippen molar-refractivity contribution in [1.29, 1.82) is 0 Å². The van der Waals surface area contributed by atoms with E-state index >= 15 is 0 Å². The van der Waals surface area contributed by atoms with Crippen LogP contribution < -0.4 is 10.2 Å². The van der Waals surface area contributed by atoms with Gasteiger partial charge in [0.05, 0.1) is 18.3 Å². The number of carbonyl (C=O) groups is 1. The lowest BCUT2D eigenvalue weighted by molar-refractivity contribution is 0.0955. The molecule has 2 aromatic carbocycles. The number of nitrogens with zero attached hydrogens (tertiary/aromatic N) is 1. The molecule has 0 aliphatic carbocycles. The van der Waals surface area contributed by atoms with Crippen LogP contribution in [0.4, 0.5) is 0 Å². The van der Waals surface area contributed by atoms with Gasteiger partial charge in [-0.3, -0.25) is 4.79 Å². The molecule has 0 atom stereocenters. The summed E-state index contributed by atoms with van der Waals surface area (Å²) < 4.78 is 5.05. The van der Waals surface area contributed by atoms with Crippen LogP contribution in [0, 0.1) is 0 Å². The first-order chi connectivity index (χ1) is 10.1. The monoisotopic (exact) mass is 304 g/mol. The molecule has 0 fully saturated rings. The molecule has 0 aliphatic heterocycles. The van der Waals surface area contributed by atoms with Gasteiger partial charge in [0.15, 0.2) is 0 Å². The Morgan fingerprint density at radius 1 is 1.33 bits per heavy atom. The summed E-state index contributed by atoms with van der Waals surface area (Å²) in [6, 6.07) is 11.4. The Morgan fingerprint density at radius 3 is 2.86 bits per heavy atom. The van der Waals surface area contributed by atoms with E-state index in [-0.39, 0.29) is 16.7 Å². The summed E-state index contributed by atoms with van der Waals surface area (Å²) >= 11 is 5.77. The summed E-state index contributed by atoms with van der Waals surface area (Å²) in [6.07, 6.45) is 1.43. The van der Waals surface area contributed by atoms with Crippen LogP contribution >= 0.6 is 11.6 Å². The molecule has 21 heavy (non-hydrogen) atoms. The number of hydrogen-bond acceptors (Lipinski definition) is 4. The van der Waals surface area contributed by atoms with E-state index in [1.54, 1.807) is 30.3 Å². The molecule has 0 aliphatic rings. The van der Waals surface area contributed by atoms with Crippen molar-refractivity contribution in [3.05, 3.63) is 58.6 Å². The molecule has 1 amide bonds. The first-order valence-corrected chi connectivity index (χ1v) is 6.44. The van der Waals surface area contributed by atoms with Gasteiger partial charge >= 0.3 is 0 Å². The third-order valence-corrected chi connectivity index (χ3v) is 2.99. The second kappa shape index (κ2) is 6.76. The molecule has 2 N–H and O–H groups in total. The van der Waals surface area contributed by atoms with E-state index < -0.39 is 0 Å². The maximum atomic E-state index is 11.9. The molecule has 108 valence electrons. The largest absolute Gasteiger partial charge is 0.506 e. The second-order valence-corrected chi connectivity index (χ2v) is 4.55. The molecular formula is C15H13ClN2O3. The van der Waals surface area contributed by atoms with Crippen LogP contribution in [0.25, 0.3) is 0 Å². The minimum atomic E-state index is -0.352. The fraction of sp³-hybridized carbons (Fsp3) is 0.0667. The number of aromatic hydroxyl groups is 1. The maximum absolute atomic E-state index is 11.9. The number of phenols is 1. The van der Waals surface area contributed by atoms with Gasteiger partial charge < -0.3 is 9.84 Å². The fourth-order valence-corrected chi connectivity index (χ4v) is 1.79. The van der Waals surface area contributed by atoms with Crippen molar-refractivity contribution in [2.75, 3.05) is 7.11 Å². The molecule has 0 saturated carbocycles. The summed E-state index contributed by atoms with van der Waals surface area (Å²) in [5.41, 5.74) is 3.50. The predicted molar refractivity (Wildman–Crippen MR) is 81.2 cm³/mol. The number of methoxy groups -OCH3 is 1. The minimum absolute atomic E-state index is 0.00534. The molecule has 0 aromatic heterocycles. The van der Waals surface area contributed by atoms with Crippen LogP contribution in [0.1, 0.15) is 15.9 Å². The van der Waals surface area contributed by atoms with E-state index in [4.69, 9.17) is 16.3 Å². The number of hydrogen-bond donors (Lipinski definition) is 2. The van der Waals surface area contributed by atoms with Gasteiger partial charge in [-0.2, -0.15) is 5.10 Å². The lowest BCUT2D eigenvalue weighted by Gasteiger charge is -2.03. The number of benzene rings is 2. The van der Waals surface area contributed by atoms with Gasteiger partial charge in [-0.15, -0.1) is 0 Å². The summed E-state index contributed by atoms with van der Waals surface area (Å²) in [5, 5.41) is 13.4. The van der Waals surface area contributed by atoms with Crippen LogP contribution in [0.3, 0.4) is 0 Å². The zero-order chi connectivity index (χ0) is 15.2. The molecule has 6 heteroatoms. The number of ether oxygens (including phenoxy) is 1. The van der Waals surface area contributed by atoms with Gasteiger partial charge in [-0.1, -0.05) is 17.7 Å². The zero-order valence-electron chi connectivity index (χ0n) is 11.2. The molecule has 0 unspecified atom stereocenters. The number of rotatable bonds is 4. The lowest BCUT2D eigenvalue weighted by atomic mass is 10.2. The molecule has 5 nitrogen and oxygen atoms in total. The normalized spacial score (nSPS) is 10.6. The molecule has 0 spiro atoms. The lowest BCUT2D eigenvalue weighted by Crippen LogP contribution is -2.17. The molecule has 2 aromatic rings. The highest BCUT2D eigenvalue weighted by Gasteiger charge is 2.05. The van der Waals surface area contributed by atoms with Gasteiger partial charge in [0, 0.05) is 5.56 Å². The Labute approximate surface area is 126 Å². The number of carbonyl (C=O) groups excluding carboxylic acids is 1. The average molecular weight is 305 g/mol. The first kappa shape index (κ1) is 14.9. The first-order valence-electron chi connectivity index (χ1n) is 6.06. The molecule has 0 saturated heterocycles. The standard InChI is InChI=1S/C15H13ClN2O3/c1-21-12-4-2-3-11(8-12)15(20)18-17-9-10-5-6-14(19)13(16)7-10/h2-9,19H,1H3,(H,18,20)/b17-9+. The number of hydrazone groups is 1. The van der Waals surface area contributed by atoms with E-state index in [0.29, 0.717) is 16.9 Å². The van der Waals surface area contributed by atoms with Crippen molar-refractivity contribution >= 4 is 23.7 Å². The molecule has 0 radical (unpaired) electrons. The molecule has 0 heterocycles. The van der Waals surface area contributed by atoms with Crippen LogP contribution in [-0.4, -0.2) is 24.3 Å². The highest BCUT2D eigenvalue weighted by molar-refractivity contribution is 6.32. The summed E-state index contributed by atoms with van der Waals surface area (Å²) in [6.45, 7) is 0. The summed E-state index contributed by atoms with van der Waals surface area (Å²) in [4.78, 5) is 11.9. The number of nitrogens with one attached hydrogen (secondary N) is 1. The Bertz CT molecular complexity index is 686. The van der Waals surface area contributed by atoms with E-state index in [2.05, 4.69) is 10.5 Å². The maximum Gasteiger partial charge on any atom is 0.271 e. The number of halogens is 1. The van der Waals surface area contributed by atoms with Crippen molar-refractivity contribution in [3.8, 4) is 11.5 Å². The van der Waals surface area contributed by atoms with Gasteiger partial charge in [0.1, 0.15) is 11.5 Å². The SMILES string of the molecule is COc1cccc(C(=O)N/N=C/c2ccc(O)c(Cl)c2)c1. The topological polar surface area (TPSA) is 70.9 Å². The highest BCUT2D eigenvalue weighted by Crippen LogP contribution is 2.22. The summed E-state index contributed by atoms with van der Waals surface area (Å²) in [7, 11) is 1.53. The highest BCUT2D eigenvalue weighted by atomic mass is 35.5. The summed E-state index contributed by atoms with van der Waals surface area (Å²) in [5.74, 6) is 0.237. The third kappa shape index (κ3) is 3.97. The number of amides is 1. The third-order valence-electron chi connectivity index (χ3n) is 2.68. The van der Waals surface area contributed by atoms with Gasteiger partial charge in [0.2, 0.25) is 0 Å². The fourth-order valence-electron chi connectivity index (χ4n) is 1.60. The van der Waals surface area contributed by atoms with Crippen LogP contribution in [0.15, 0.2) is 47.6 Å². The minimum Gasteiger partial charge on any atom is -0.506 e. The van der Waals surface area contributed by atoms with E-state index in [9.17, 15) is 9.90 Å². The Kier molecular flexibility index (Phi) is 4.79. The Morgan fingerprint density at radius 2 is 2.14 bits per heavy atom. The van der Waals surface area contributed by atoms with Crippen LogP contribution in [0.5, 0.6) is 11.5 Å². The number of phenolic OH excluding ortho intramolecular Hbond substituents is 1. The van der Waals surface area contributed by atoms with E-state index in [0.717, 1.165) is 0 Å². The zero-order valence-corrected chi connectivity index (χ0v) is 12.0. The quantitative estimate of drug-likeness (QED) is 0.674.